The van der Waals surface area contributed by atoms with Gasteiger partial charge in [-0.25, -0.2) is 9.55 Å². The van der Waals surface area contributed by atoms with E-state index in [-0.39, 0.29) is 35.1 Å². The summed E-state index contributed by atoms with van der Waals surface area (Å²) in [4.78, 5) is 20.6. The molecule has 0 amide bonds. The molecule has 5 N–H and O–H groups in total. The molecule has 0 saturated heterocycles. The standard InChI is InChI=1S/C12H13N5O6/c18-2-5-4(19)1-6(23-5)16-3-13-7-8(16)14-12-15-9(20)11(22)17(12)10(7)21/h3,6,9,11,18-20,22H,1-2H2,(H,14,15)/t6-,9?,11?/m1/s1. The zero-order valence-corrected chi connectivity index (χ0v) is 11.6. The van der Waals surface area contributed by atoms with Gasteiger partial charge in [-0.2, -0.15) is 4.98 Å². The second-order valence-corrected chi connectivity index (χ2v) is 5.24. The molecule has 2 unspecified atom stereocenters. The average Bonchev–Trinajstić information content (AvgIpc) is 3.17. The Hall–Kier alpha value is -2.63. The van der Waals surface area contributed by atoms with E-state index >= 15 is 0 Å². The fourth-order valence-corrected chi connectivity index (χ4v) is 2.72. The van der Waals surface area contributed by atoms with Crippen LogP contribution < -0.4 is 10.9 Å². The lowest BCUT2D eigenvalue weighted by atomic mass is 10.3. The van der Waals surface area contributed by atoms with Gasteiger partial charge >= 0.3 is 0 Å². The first-order valence-electron chi connectivity index (χ1n) is 6.81. The molecule has 2 aromatic heterocycles. The van der Waals surface area contributed by atoms with Crippen LogP contribution in [0.25, 0.3) is 11.2 Å². The number of nitrogens with zero attached hydrogens (tertiary/aromatic N) is 4. The highest BCUT2D eigenvalue weighted by Crippen LogP contribution is 2.32. The van der Waals surface area contributed by atoms with Crippen molar-refractivity contribution in [1.82, 2.24) is 19.1 Å². The normalized spacial score (nSPS) is 26.5. The van der Waals surface area contributed by atoms with Crippen LogP contribution in [-0.2, 0) is 4.74 Å². The van der Waals surface area contributed by atoms with Crippen LogP contribution in [0, 0.1) is 0 Å². The van der Waals surface area contributed by atoms with Gasteiger partial charge in [0.2, 0.25) is 5.95 Å². The molecule has 0 saturated carbocycles. The fourth-order valence-electron chi connectivity index (χ4n) is 2.72. The molecular formula is C12H13N5O6. The van der Waals surface area contributed by atoms with Crippen molar-refractivity contribution in [3.63, 3.8) is 0 Å². The van der Waals surface area contributed by atoms with Crippen LogP contribution in [0.4, 0.5) is 5.95 Å². The lowest BCUT2D eigenvalue weighted by molar-refractivity contribution is 0.00238. The minimum absolute atomic E-state index is 0.00168. The number of anilines is 1. The Morgan fingerprint density at radius 3 is 2.91 bits per heavy atom. The predicted molar refractivity (Wildman–Crippen MR) is 74.2 cm³/mol. The number of aliphatic hydroxyl groups is 4. The number of imidazole rings is 1. The van der Waals surface area contributed by atoms with Crippen molar-refractivity contribution in [2.75, 3.05) is 11.9 Å². The van der Waals surface area contributed by atoms with Gasteiger partial charge in [-0.3, -0.25) is 9.36 Å². The van der Waals surface area contributed by atoms with Crippen LogP contribution in [0.2, 0.25) is 0 Å². The number of nitrogens with one attached hydrogen (secondary N) is 1. The van der Waals surface area contributed by atoms with Crippen molar-refractivity contribution in [1.29, 1.82) is 0 Å². The Kier molecular flexibility index (Phi) is 2.85. The maximum absolute atomic E-state index is 12.4. The average molecular weight is 323 g/mol. The van der Waals surface area contributed by atoms with E-state index < -0.39 is 30.8 Å². The molecule has 4 heterocycles. The predicted octanol–water partition coefficient (Wildman–Crippen LogP) is -1.49. The van der Waals surface area contributed by atoms with Crippen molar-refractivity contribution in [2.24, 2.45) is 0 Å². The Morgan fingerprint density at radius 2 is 2.22 bits per heavy atom. The van der Waals surface area contributed by atoms with Gasteiger partial charge in [-0.1, -0.05) is 0 Å². The van der Waals surface area contributed by atoms with Crippen molar-refractivity contribution < 1.29 is 25.2 Å². The van der Waals surface area contributed by atoms with E-state index in [0.717, 1.165) is 4.57 Å². The first kappa shape index (κ1) is 14.0. The van der Waals surface area contributed by atoms with E-state index in [2.05, 4.69) is 15.3 Å². The van der Waals surface area contributed by atoms with E-state index in [4.69, 9.17) is 9.84 Å². The molecule has 0 bridgehead atoms. The maximum atomic E-state index is 12.4. The number of hydrogen-bond acceptors (Lipinski definition) is 9. The monoisotopic (exact) mass is 323 g/mol. The third-order valence-electron chi connectivity index (χ3n) is 3.87. The number of aliphatic hydroxyl groups excluding tert-OH is 4. The highest BCUT2D eigenvalue weighted by Gasteiger charge is 2.34. The van der Waals surface area contributed by atoms with Crippen LogP contribution in [0.1, 0.15) is 18.9 Å². The molecule has 2 aromatic rings. The van der Waals surface area contributed by atoms with Crippen molar-refractivity contribution >= 4 is 17.1 Å². The molecule has 0 radical (unpaired) electrons. The summed E-state index contributed by atoms with van der Waals surface area (Å²) in [7, 11) is 0. The zero-order valence-electron chi connectivity index (χ0n) is 11.6. The third-order valence-corrected chi connectivity index (χ3v) is 3.87. The van der Waals surface area contributed by atoms with Crippen LogP contribution in [0.15, 0.2) is 22.6 Å². The lowest BCUT2D eigenvalue weighted by Gasteiger charge is -2.14. The molecule has 2 aliphatic rings. The van der Waals surface area contributed by atoms with E-state index in [9.17, 15) is 20.1 Å². The summed E-state index contributed by atoms with van der Waals surface area (Å²) in [5.41, 5.74) is -0.450. The Balaban J connectivity index is 1.82. The summed E-state index contributed by atoms with van der Waals surface area (Å²) in [6, 6.07) is 0. The van der Waals surface area contributed by atoms with Gasteiger partial charge in [-0.05, 0) is 0 Å². The SMILES string of the molecule is O=c1c2ncn([C@H]3CC(O)=C(CO)O3)c2nc2n1C(O)C(O)N2. The highest BCUT2D eigenvalue weighted by molar-refractivity contribution is 5.71. The van der Waals surface area contributed by atoms with Gasteiger partial charge in [0.15, 0.2) is 35.6 Å². The van der Waals surface area contributed by atoms with E-state index in [1.54, 1.807) is 0 Å². The molecule has 2 aliphatic heterocycles. The van der Waals surface area contributed by atoms with Gasteiger partial charge in [-0.15, -0.1) is 0 Å². The summed E-state index contributed by atoms with van der Waals surface area (Å²) < 4.78 is 7.76. The summed E-state index contributed by atoms with van der Waals surface area (Å²) in [5, 5.41) is 40.7. The van der Waals surface area contributed by atoms with E-state index in [1.807, 2.05) is 0 Å². The maximum Gasteiger partial charge on any atom is 0.285 e. The van der Waals surface area contributed by atoms with Crippen molar-refractivity contribution in [2.45, 2.75) is 25.1 Å². The molecule has 3 atom stereocenters. The molecule has 0 aliphatic carbocycles. The van der Waals surface area contributed by atoms with E-state index in [0.29, 0.717) is 0 Å². The quantitative estimate of drug-likeness (QED) is 0.444. The zero-order chi connectivity index (χ0) is 16.3. The highest BCUT2D eigenvalue weighted by atomic mass is 16.5. The van der Waals surface area contributed by atoms with Crippen LogP contribution >= 0.6 is 0 Å². The molecule has 4 rings (SSSR count). The molecule has 11 nitrogen and oxygen atoms in total. The summed E-state index contributed by atoms with van der Waals surface area (Å²) in [5.74, 6) is -0.0262. The molecule has 11 heteroatoms. The summed E-state index contributed by atoms with van der Waals surface area (Å²) in [6.07, 6.45) is -2.07. The van der Waals surface area contributed by atoms with E-state index in [1.165, 1.54) is 10.9 Å². The molecule has 23 heavy (non-hydrogen) atoms. The fraction of sp³-hybridized carbons (Fsp3) is 0.417. The van der Waals surface area contributed by atoms with Gasteiger partial charge in [0.1, 0.15) is 18.7 Å². The third kappa shape index (κ3) is 1.84. The van der Waals surface area contributed by atoms with Gasteiger partial charge in [0, 0.05) is 0 Å². The smallest absolute Gasteiger partial charge is 0.285 e. The second-order valence-electron chi connectivity index (χ2n) is 5.24. The van der Waals surface area contributed by atoms with Gasteiger partial charge in [0.25, 0.3) is 5.56 Å². The van der Waals surface area contributed by atoms with Gasteiger partial charge < -0.3 is 30.5 Å². The molecule has 0 aromatic carbocycles. The minimum atomic E-state index is -1.45. The number of ether oxygens (including phenoxy) is 1. The van der Waals surface area contributed by atoms with Gasteiger partial charge in [0.05, 0.1) is 6.42 Å². The van der Waals surface area contributed by atoms with Crippen LogP contribution in [0.5, 0.6) is 0 Å². The van der Waals surface area contributed by atoms with Crippen molar-refractivity contribution in [3.8, 4) is 0 Å². The van der Waals surface area contributed by atoms with Crippen LogP contribution in [0.3, 0.4) is 0 Å². The van der Waals surface area contributed by atoms with Crippen LogP contribution in [-0.4, -0.2) is 52.4 Å². The molecule has 0 spiro atoms. The number of hydrogen-bond donors (Lipinski definition) is 5. The first-order valence-corrected chi connectivity index (χ1v) is 6.81. The first-order chi connectivity index (χ1) is 11.0. The summed E-state index contributed by atoms with van der Waals surface area (Å²) in [6.45, 7) is -0.444. The minimum Gasteiger partial charge on any atom is -0.508 e. The summed E-state index contributed by atoms with van der Waals surface area (Å²) >= 11 is 0. The number of fused-ring (bicyclic) bond motifs is 2. The Labute approximate surface area is 127 Å². The molecule has 122 valence electrons. The molecular weight excluding hydrogens is 310 g/mol. The Bertz CT molecular complexity index is 886. The Morgan fingerprint density at radius 1 is 1.43 bits per heavy atom. The lowest BCUT2D eigenvalue weighted by Crippen LogP contribution is -2.27. The molecule has 0 fully saturated rings. The second kappa shape index (κ2) is 4.68. The topological polar surface area (TPSA) is 155 Å². The number of aromatic nitrogens is 4. The largest absolute Gasteiger partial charge is 0.508 e. The van der Waals surface area contributed by atoms with Crippen molar-refractivity contribution in [3.05, 3.63) is 28.2 Å². The number of rotatable bonds is 2.